The average Bonchev–Trinajstić information content (AvgIpc) is 3.07. The molecule has 0 unspecified atom stereocenters. The molecule has 0 atom stereocenters. The van der Waals surface area contributed by atoms with Gasteiger partial charge in [-0.3, -0.25) is 14.3 Å². The number of thioether (sulfide) groups is 1. The van der Waals surface area contributed by atoms with Crippen molar-refractivity contribution in [3.8, 4) is 17.3 Å². The zero-order chi connectivity index (χ0) is 26.7. The van der Waals surface area contributed by atoms with Gasteiger partial charge in [-0.1, -0.05) is 0 Å². The van der Waals surface area contributed by atoms with Crippen molar-refractivity contribution in [2.24, 2.45) is 0 Å². The van der Waals surface area contributed by atoms with Crippen molar-refractivity contribution >= 4 is 23.4 Å². The van der Waals surface area contributed by atoms with Gasteiger partial charge in [0.25, 0.3) is 5.91 Å². The number of methoxy groups -OCH3 is 1. The number of nitrogens with zero attached hydrogens (tertiary/aromatic N) is 3. The summed E-state index contributed by atoms with van der Waals surface area (Å²) in [6.07, 6.45) is 2.96. The average molecular weight is 531 g/mol. The normalized spacial score (nSPS) is 11.4. The fourth-order valence-corrected chi connectivity index (χ4v) is 4.17. The van der Waals surface area contributed by atoms with E-state index in [0.29, 0.717) is 22.6 Å². The summed E-state index contributed by atoms with van der Waals surface area (Å²) in [5.41, 5.74) is -3.28. The van der Waals surface area contributed by atoms with E-state index < -0.39 is 17.1 Å². The molecule has 37 heavy (non-hydrogen) atoms. The largest absolute Gasteiger partial charge is 0.497 e. The molecule has 0 bridgehead atoms. The van der Waals surface area contributed by atoms with Crippen LogP contribution in [-0.4, -0.2) is 37.8 Å². The summed E-state index contributed by atoms with van der Waals surface area (Å²) in [6, 6.07) is 13.3. The number of carbonyl (C=O) groups is 1. The third kappa shape index (κ3) is 5.80. The molecule has 4 aromatic rings. The minimum atomic E-state index is -4.44. The Kier molecular flexibility index (Phi) is 7.30. The van der Waals surface area contributed by atoms with Crippen molar-refractivity contribution < 1.29 is 27.8 Å². The fraction of sp³-hybridized carbons (Fsp3) is 0.160. The maximum atomic E-state index is 13.2. The van der Waals surface area contributed by atoms with E-state index in [9.17, 15) is 27.9 Å². The van der Waals surface area contributed by atoms with Crippen molar-refractivity contribution in [1.29, 1.82) is 0 Å². The van der Waals surface area contributed by atoms with E-state index in [0.717, 1.165) is 4.57 Å². The summed E-state index contributed by atoms with van der Waals surface area (Å²) in [6.45, 7) is 1.53. The topological polar surface area (TPSA) is 98.4 Å². The monoisotopic (exact) mass is 530 g/mol. The number of halogens is 3. The molecule has 0 aliphatic rings. The number of hydrogen-bond donors (Lipinski definition) is 2. The van der Waals surface area contributed by atoms with Crippen LogP contribution < -0.4 is 15.7 Å². The Morgan fingerprint density at radius 1 is 1.11 bits per heavy atom. The molecule has 0 saturated carbocycles. The Morgan fingerprint density at radius 3 is 2.41 bits per heavy atom. The van der Waals surface area contributed by atoms with Crippen LogP contribution in [0.25, 0.3) is 5.69 Å². The van der Waals surface area contributed by atoms with Gasteiger partial charge in [0.2, 0.25) is 5.88 Å². The van der Waals surface area contributed by atoms with E-state index in [1.165, 1.54) is 55.3 Å². The number of aromatic hydroxyl groups is 1. The Balaban J connectivity index is 1.61. The van der Waals surface area contributed by atoms with Gasteiger partial charge < -0.3 is 15.2 Å². The van der Waals surface area contributed by atoms with Crippen LogP contribution in [0.4, 0.5) is 18.9 Å². The molecule has 1 amide bonds. The maximum absolute atomic E-state index is 13.2. The van der Waals surface area contributed by atoms with E-state index in [1.54, 1.807) is 30.3 Å². The van der Waals surface area contributed by atoms with E-state index >= 15 is 0 Å². The van der Waals surface area contributed by atoms with Crippen LogP contribution in [0.2, 0.25) is 0 Å². The van der Waals surface area contributed by atoms with Crippen molar-refractivity contribution in [2.75, 3.05) is 12.4 Å². The highest BCUT2D eigenvalue weighted by Gasteiger charge is 2.29. The lowest BCUT2D eigenvalue weighted by atomic mass is 10.1. The molecule has 0 aliphatic carbocycles. The highest BCUT2D eigenvalue weighted by molar-refractivity contribution is 8.00. The fourth-order valence-electron chi connectivity index (χ4n) is 3.63. The number of imidazole rings is 1. The first-order chi connectivity index (χ1) is 17.6. The van der Waals surface area contributed by atoms with Crippen LogP contribution >= 0.6 is 11.8 Å². The minimum Gasteiger partial charge on any atom is -0.497 e. The Bertz CT molecular complexity index is 1480. The Hall–Kier alpha value is -4.19. The molecule has 0 fully saturated rings. The van der Waals surface area contributed by atoms with Gasteiger partial charge in [-0.05, 0) is 78.8 Å². The summed E-state index contributed by atoms with van der Waals surface area (Å²) < 4.78 is 45.3. The van der Waals surface area contributed by atoms with E-state index in [4.69, 9.17) is 4.74 Å². The quantitative estimate of drug-likeness (QED) is 0.328. The summed E-state index contributed by atoms with van der Waals surface area (Å²) in [4.78, 5) is 30.0. The van der Waals surface area contributed by atoms with Gasteiger partial charge >= 0.3 is 11.2 Å². The minimum absolute atomic E-state index is 0.00597. The van der Waals surface area contributed by atoms with Crippen LogP contribution in [0.5, 0.6) is 11.6 Å². The third-order valence-electron chi connectivity index (χ3n) is 5.53. The lowest BCUT2D eigenvalue weighted by Crippen LogP contribution is -2.25. The smallest absolute Gasteiger partial charge is 0.446 e. The first-order valence-corrected chi connectivity index (χ1v) is 11.6. The van der Waals surface area contributed by atoms with Crippen LogP contribution in [0.1, 0.15) is 21.6 Å². The molecule has 0 radical (unpaired) electrons. The second-order valence-corrected chi connectivity index (χ2v) is 9.01. The van der Waals surface area contributed by atoms with E-state index in [1.807, 2.05) is 0 Å². The first kappa shape index (κ1) is 25.9. The van der Waals surface area contributed by atoms with Crippen LogP contribution in [0.3, 0.4) is 0 Å². The third-order valence-corrected chi connectivity index (χ3v) is 6.27. The molecule has 2 N–H and O–H groups in total. The molecule has 8 nitrogen and oxygen atoms in total. The first-order valence-electron chi connectivity index (χ1n) is 10.8. The Morgan fingerprint density at radius 2 is 1.78 bits per heavy atom. The number of hydrogen-bond acceptors (Lipinski definition) is 6. The second-order valence-electron chi connectivity index (χ2n) is 7.87. The molecular weight excluding hydrogens is 509 g/mol. The zero-order valence-corrected chi connectivity index (χ0v) is 20.4. The van der Waals surface area contributed by atoms with Crippen molar-refractivity contribution in [3.63, 3.8) is 0 Å². The van der Waals surface area contributed by atoms with Gasteiger partial charge in [-0.2, -0.15) is 13.2 Å². The number of anilines is 1. The summed E-state index contributed by atoms with van der Waals surface area (Å²) in [5, 5.41) is 13.4. The summed E-state index contributed by atoms with van der Waals surface area (Å²) >= 11 is -0.272. The van der Waals surface area contributed by atoms with Gasteiger partial charge in [0.05, 0.1) is 36.9 Å². The number of aromatic nitrogens is 3. The van der Waals surface area contributed by atoms with E-state index in [-0.39, 0.29) is 40.5 Å². The van der Waals surface area contributed by atoms with Crippen molar-refractivity contribution in [1.82, 2.24) is 14.1 Å². The lowest BCUT2D eigenvalue weighted by molar-refractivity contribution is -0.0328. The zero-order valence-electron chi connectivity index (χ0n) is 19.6. The maximum Gasteiger partial charge on any atom is 0.446 e. The Labute approximate surface area is 213 Å². The lowest BCUT2D eigenvalue weighted by Gasteiger charge is -2.12. The van der Waals surface area contributed by atoms with Crippen LogP contribution in [0.15, 0.2) is 76.7 Å². The highest BCUT2D eigenvalue weighted by Crippen LogP contribution is 2.37. The standard InChI is InChI=1S/C25H21F3N4O4S/c1-15-23(34)32(18-5-9-20(10-6-18)37-25(26,27)28)24(35)31(15)14-17-11-12-29-13-21(17)30-22(33)16-3-7-19(36-2)8-4-16/h3-13,34H,14H2,1-2H3,(H,30,33). The summed E-state index contributed by atoms with van der Waals surface area (Å²) in [7, 11) is 1.52. The van der Waals surface area contributed by atoms with Crippen molar-refractivity contribution in [2.45, 2.75) is 23.9 Å². The number of pyridine rings is 1. The highest BCUT2D eigenvalue weighted by atomic mass is 32.2. The molecule has 0 aliphatic heterocycles. The number of amides is 1. The predicted octanol–water partition coefficient (Wildman–Crippen LogP) is 4.97. The predicted molar refractivity (Wildman–Crippen MR) is 133 cm³/mol. The number of ether oxygens (including phenoxy) is 1. The number of carbonyl (C=O) groups excluding carboxylic acids is 1. The molecule has 2 aromatic carbocycles. The number of benzene rings is 2. The number of rotatable bonds is 7. The summed E-state index contributed by atoms with van der Waals surface area (Å²) in [5.74, 6) is -0.135. The van der Waals surface area contributed by atoms with Crippen molar-refractivity contribution in [3.05, 3.63) is 94.3 Å². The number of alkyl halides is 3. The SMILES string of the molecule is COc1ccc(C(=O)Nc2cnccc2Cn2c(C)c(O)n(-c3ccc(SC(F)(F)F)cc3)c2=O)cc1. The molecule has 0 saturated heterocycles. The molecule has 192 valence electrons. The molecule has 0 spiro atoms. The second kappa shape index (κ2) is 10.4. The van der Waals surface area contributed by atoms with Gasteiger partial charge in [0, 0.05) is 16.7 Å². The number of nitrogens with one attached hydrogen (secondary N) is 1. The molecule has 4 rings (SSSR count). The molecular formula is C25H21F3N4O4S. The van der Waals surface area contributed by atoms with Gasteiger partial charge in [0.15, 0.2) is 0 Å². The van der Waals surface area contributed by atoms with Gasteiger partial charge in [0.1, 0.15) is 5.75 Å². The van der Waals surface area contributed by atoms with Gasteiger partial charge in [-0.15, -0.1) is 0 Å². The van der Waals surface area contributed by atoms with Crippen LogP contribution in [-0.2, 0) is 6.54 Å². The molecule has 12 heteroatoms. The molecule has 2 aromatic heterocycles. The molecule has 2 heterocycles. The van der Waals surface area contributed by atoms with Crippen LogP contribution in [0, 0.1) is 6.92 Å². The van der Waals surface area contributed by atoms with Gasteiger partial charge in [-0.25, -0.2) is 9.36 Å². The van der Waals surface area contributed by atoms with E-state index in [2.05, 4.69) is 10.3 Å².